The van der Waals surface area contributed by atoms with E-state index < -0.39 is 12.0 Å². The minimum atomic E-state index is -0.669. The summed E-state index contributed by atoms with van der Waals surface area (Å²) in [6.45, 7) is 2.18. The molecule has 6 rings (SSSR count). The lowest BCUT2D eigenvalue weighted by Crippen LogP contribution is -2.39. The molecule has 0 saturated carbocycles. The molecule has 1 aliphatic heterocycles. The van der Waals surface area contributed by atoms with Gasteiger partial charge < -0.3 is 9.30 Å². The fourth-order valence-electron chi connectivity index (χ4n) is 4.89. The van der Waals surface area contributed by atoms with Gasteiger partial charge in [0.05, 0.1) is 28.5 Å². The average molecular weight is 551 g/mol. The van der Waals surface area contributed by atoms with Crippen molar-refractivity contribution in [3.63, 3.8) is 0 Å². The number of carbonyl (C=O) groups excluding carboxylic acids is 1. The number of rotatable bonds is 6. The van der Waals surface area contributed by atoms with Crippen LogP contribution in [0.25, 0.3) is 22.7 Å². The van der Waals surface area contributed by atoms with Crippen molar-refractivity contribution in [3.8, 4) is 6.07 Å². The van der Waals surface area contributed by atoms with Crippen LogP contribution < -0.4 is 14.9 Å². The number of aromatic nitrogens is 2. The molecule has 0 amide bonds. The lowest BCUT2D eigenvalue weighted by atomic mass is 9.97. The molecule has 0 saturated heterocycles. The van der Waals surface area contributed by atoms with Gasteiger partial charge in [-0.25, -0.2) is 9.79 Å². The first-order valence-electron chi connectivity index (χ1n) is 12.4. The molecule has 0 aliphatic carbocycles. The van der Waals surface area contributed by atoms with Gasteiger partial charge in [0.15, 0.2) is 4.80 Å². The minimum absolute atomic E-state index is 0.206. The van der Waals surface area contributed by atoms with E-state index in [4.69, 9.17) is 9.73 Å². The van der Waals surface area contributed by atoms with Gasteiger partial charge in [-0.2, -0.15) is 5.26 Å². The molecular weight excluding hydrogens is 528 g/mol. The summed E-state index contributed by atoms with van der Waals surface area (Å²) in [5.41, 5.74) is 3.15. The molecule has 5 aromatic rings. The summed E-state index contributed by atoms with van der Waals surface area (Å²) in [6.07, 6.45) is 3.74. The van der Waals surface area contributed by atoms with Crippen molar-refractivity contribution in [2.24, 2.45) is 4.99 Å². The number of benzene rings is 2. The number of hydrogen-bond donors (Lipinski definition) is 0. The van der Waals surface area contributed by atoms with Gasteiger partial charge in [-0.1, -0.05) is 65.9 Å². The molecule has 192 valence electrons. The second kappa shape index (κ2) is 10.3. The average Bonchev–Trinajstić information content (AvgIpc) is 3.68. The van der Waals surface area contributed by atoms with Crippen molar-refractivity contribution in [3.05, 3.63) is 120 Å². The minimum Gasteiger partial charge on any atom is -0.463 e. The van der Waals surface area contributed by atoms with Gasteiger partial charge in [0.1, 0.15) is 12.6 Å². The van der Waals surface area contributed by atoms with E-state index in [0.29, 0.717) is 20.6 Å². The summed E-state index contributed by atoms with van der Waals surface area (Å²) < 4.78 is 9.47. The van der Waals surface area contributed by atoms with Crippen molar-refractivity contribution in [1.29, 1.82) is 5.26 Å². The SMILES string of the molecule is CCOC(=O)C1=C(c2ccccc2)N=c2s/c(=C\c3cn(CC#N)c4ccccc34)c(=O)n2[C@H]1c1cccs1. The van der Waals surface area contributed by atoms with Crippen molar-refractivity contribution in [2.75, 3.05) is 6.61 Å². The second-order valence-electron chi connectivity index (χ2n) is 8.83. The van der Waals surface area contributed by atoms with E-state index >= 15 is 0 Å². The Morgan fingerprint density at radius 3 is 2.67 bits per heavy atom. The number of thiophene rings is 1. The summed E-state index contributed by atoms with van der Waals surface area (Å²) in [5.74, 6) is -0.493. The van der Waals surface area contributed by atoms with Crippen molar-refractivity contribution in [2.45, 2.75) is 19.5 Å². The number of carbonyl (C=O) groups is 1. The predicted octanol–water partition coefficient (Wildman–Crippen LogP) is 4.48. The molecule has 1 atom stereocenters. The summed E-state index contributed by atoms with van der Waals surface area (Å²) in [4.78, 5) is 33.7. The molecule has 2 aromatic carbocycles. The zero-order valence-corrected chi connectivity index (χ0v) is 22.5. The number of para-hydroxylation sites is 1. The first-order valence-corrected chi connectivity index (χ1v) is 14.1. The Morgan fingerprint density at radius 1 is 1.13 bits per heavy atom. The lowest BCUT2D eigenvalue weighted by molar-refractivity contribution is -0.138. The van der Waals surface area contributed by atoms with Gasteiger partial charge in [-0.3, -0.25) is 9.36 Å². The standard InChI is InChI=1S/C30H22N4O3S2/c1-2-37-29(36)25-26(19-9-4-3-5-10-19)32-30-34(27(25)23-13-8-16-38-23)28(35)24(39-30)17-20-18-33(15-14-31)22-12-7-6-11-21(20)22/h3-13,16-18,27H,2,15H2,1H3/b24-17-/t27-/m0/s1. The quantitative estimate of drug-likeness (QED) is 0.292. The number of ether oxygens (including phenoxy) is 1. The smallest absolute Gasteiger partial charge is 0.338 e. The number of esters is 1. The van der Waals surface area contributed by atoms with Crippen LogP contribution in [-0.4, -0.2) is 21.7 Å². The molecule has 0 unspecified atom stereocenters. The van der Waals surface area contributed by atoms with Crippen molar-refractivity contribution < 1.29 is 9.53 Å². The van der Waals surface area contributed by atoms with Gasteiger partial charge in [0, 0.05) is 33.1 Å². The van der Waals surface area contributed by atoms with Gasteiger partial charge in [0.2, 0.25) is 0 Å². The van der Waals surface area contributed by atoms with Gasteiger partial charge in [0.25, 0.3) is 5.56 Å². The third-order valence-electron chi connectivity index (χ3n) is 6.53. The Balaban J connectivity index is 1.63. The highest BCUT2D eigenvalue weighted by Crippen LogP contribution is 2.36. The summed E-state index contributed by atoms with van der Waals surface area (Å²) in [5, 5.41) is 12.2. The topological polar surface area (TPSA) is 89.4 Å². The zero-order chi connectivity index (χ0) is 26.9. The number of thiazole rings is 1. The largest absolute Gasteiger partial charge is 0.463 e. The number of fused-ring (bicyclic) bond motifs is 2. The van der Waals surface area contributed by atoms with Crippen LogP contribution in [0.4, 0.5) is 0 Å². The van der Waals surface area contributed by atoms with Crippen LogP contribution in [0, 0.1) is 11.3 Å². The van der Waals surface area contributed by atoms with Crippen LogP contribution >= 0.6 is 22.7 Å². The Kier molecular flexibility index (Phi) is 6.57. The van der Waals surface area contributed by atoms with E-state index in [9.17, 15) is 14.9 Å². The zero-order valence-electron chi connectivity index (χ0n) is 20.9. The molecule has 0 N–H and O–H groups in total. The van der Waals surface area contributed by atoms with E-state index in [2.05, 4.69) is 6.07 Å². The molecule has 9 heteroatoms. The first-order chi connectivity index (χ1) is 19.1. The molecule has 0 radical (unpaired) electrons. The Labute approximate surface area is 231 Å². The molecule has 0 fully saturated rings. The highest BCUT2D eigenvalue weighted by Gasteiger charge is 2.35. The molecule has 4 heterocycles. The van der Waals surface area contributed by atoms with Crippen LogP contribution in [0.5, 0.6) is 0 Å². The number of hydrogen-bond acceptors (Lipinski definition) is 7. The maximum atomic E-state index is 14.0. The van der Waals surface area contributed by atoms with E-state index in [1.165, 1.54) is 22.7 Å². The fraction of sp³-hybridized carbons (Fsp3) is 0.133. The van der Waals surface area contributed by atoms with Crippen molar-refractivity contribution in [1.82, 2.24) is 9.13 Å². The van der Waals surface area contributed by atoms with Crippen molar-refractivity contribution >= 4 is 51.3 Å². The molecule has 7 nitrogen and oxygen atoms in total. The predicted molar refractivity (Wildman–Crippen MR) is 153 cm³/mol. The van der Waals surface area contributed by atoms with Crippen LogP contribution in [-0.2, 0) is 16.1 Å². The molecule has 0 bridgehead atoms. The Hall–Kier alpha value is -4.52. The monoisotopic (exact) mass is 550 g/mol. The van der Waals surface area contributed by atoms with E-state index in [1.807, 2.05) is 89.0 Å². The molecular formula is C30H22N4O3S2. The summed E-state index contributed by atoms with van der Waals surface area (Å²) in [7, 11) is 0. The number of nitrogens with zero attached hydrogens (tertiary/aromatic N) is 4. The highest BCUT2D eigenvalue weighted by molar-refractivity contribution is 7.10. The van der Waals surface area contributed by atoms with E-state index in [1.54, 1.807) is 11.5 Å². The second-order valence-corrected chi connectivity index (χ2v) is 10.8. The van der Waals surface area contributed by atoms with E-state index in [-0.39, 0.29) is 18.7 Å². The van der Waals surface area contributed by atoms with Gasteiger partial charge in [-0.15, -0.1) is 11.3 Å². The maximum Gasteiger partial charge on any atom is 0.338 e. The molecule has 39 heavy (non-hydrogen) atoms. The molecule has 0 spiro atoms. The fourth-order valence-corrected chi connectivity index (χ4v) is 6.71. The van der Waals surface area contributed by atoms with Gasteiger partial charge >= 0.3 is 5.97 Å². The summed E-state index contributed by atoms with van der Waals surface area (Å²) >= 11 is 2.77. The lowest BCUT2D eigenvalue weighted by Gasteiger charge is -2.24. The highest BCUT2D eigenvalue weighted by atomic mass is 32.1. The third kappa shape index (κ3) is 4.34. The molecule has 3 aromatic heterocycles. The Morgan fingerprint density at radius 2 is 1.92 bits per heavy atom. The normalized spacial score (nSPS) is 15.2. The van der Waals surface area contributed by atoms with Crippen LogP contribution in [0.15, 0.2) is 93.7 Å². The van der Waals surface area contributed by atoms with E-state index in [0.717, 1.165) is 26.9 Å². The van der Waals surface area contributed by atoms with Gasteiger partial charge in [-0.05, 0) is 30.5 Å². The van der Waals surface area contributed by atoms with Crippen LogP contribution in [0.1, 0.15) is 29.0 Å². The first kappa shape index (κ1) is 24.8. The summed E-state index contributed by atoms with van der Waals surface area (Å²) in [6, 6.07) is 22.7. The van der Waals surface area contributed by atoms with Crippen LogP contribution in [0.2, 0.25) is 0 Å². The maximum absolute atomic E-state index is 14.0. The number of nitriles is 1. The third-order valence-corrected chi connectivity index (χ3v) is 8.44. The Bertz CT molecular complexity index is 1960. The van der Waals surface area contributed by atoms with Crippen LogP contribution in [0.3, 0.4) is 0 Å². The molecule has 1 aliphatic rings.